The van der Waals surface area contributed by atoms with Gasteiger partial charge in [0.15, 0.2) is 5.78 Å². The first-order valence-electron chi connectivity index (χ1n) is 3.51. The van der Waals surface area contributed by atoms with Crippen LogP contribution in [-0.2, 0) is 6.18 Å². The Morgan fingerprint density at radius 2 is 2.00 bits per heavy atom. The quantitative estimate of drug-likeness (QED) is 0.640. The fourth-order valence-corrected chi connectivity index (χ4v) is 0.986. The van der Waals surface area contributed by atoms with Gasteiger partial charge in [0.25, 0.3) is 0 Å². The number of aryl methyl sites for hydroxylation is 1. The first-order valence-corrected chi connectivity index (χ1v) is 3.51. The molecule has 1 aromatic rings. The van der Waals surface area contributed by atoms with Crippen LogP contribution < -0.4 is 0 Å². The van der Waals surface area contributed by atoms with E-state index < -0.39 is 23.3 Å². The molecular weight excluding hydrogens is 185 g/mol. The van der Waals surface area contributed by atoms with Crippen LogP contribution in [0.15, 0.2) is 10.5 Å². The summed E-state index contributed by atoms with van der Waals surface area (Å²) in [5.41, 5.74) is -0.412. The normalized spacial score (nSPS) is 11.8. The average molecular weight is 192 g/mol. The van der Waals surface area contributed by atoms with Gasteiger partial charge in [-0.15, -0.1) is 0 Å². The second-order valence-electron chi connectivity index (χ2n) is 2.65. The highest BCUT2D eigenvalue weighted by Crippen LogP contribution is 2.34. The third kappa shape index (κ3) is 1.91. The number of rotatable bonds is 1. The lowest BCUT2D eigenvalue weighted by molar-refractivity contribution is -0.153. The van der Waals surface area contributed by atoms with Gasteiger partial charge in [0.1, 0.15) is 5.76 Å². The average Bonchev–Trinajstić information content (AvgIpc) is 2.29. The molecule has 1 rings (SSSR count). The molecule has 0 aliphatic heterocycles. The largest absolute Gasteiger partial charge is 0.456 e. The highest BCUT2D eigenvalue weighted by atomic mass is 19.4. The highest BCUT2D eigenvalue weighted by molar-refractivity contribution is 5.95. The van der Waals surface area contributed by atoms with Crippen LogP contribution >= 0.6 is 0 Å². The van der Waals surface area contributed by atoms with E-state index in [-0.39, 0.29) is 5.76 Å². The summed E-state index contributed by atoms with van der Waals surface area (Å²) in [5.74, 6) is -1.78. The summed E-state index contributed by atoms with van der Waals surface area (Å²) in [5, 5.41) is 0. The Bertz CT molecular complexity index is 336. The minimum atomic E-state index is -4.60. The maximum absolute atomic E-state index is 12.2. The van der Waals surface area contributed by atoms with E-state index >= 15 is 0 Å². The molecule has 0 atom stereocenters. The van der Waals surface area contributed by atoms with Gasteiger partial charge >= 0.3 is 6.18 Å². The number of carbonyl (C=O) groups is 1. The standard InChI is InChI=1S/C8H7F3O2/c1-4-3-6(5(2)12)7(13-4)8(9,10)11/h3H,1-2H3. The van der Waals surface area contributed by atoms with E-state index in [1.807, 2.05) is 0 Å². The van der Waals surface area contributed by atoms with Gasteiger partial charge in [-0.3, -0.25) is 4.79 Å². The Hall–Kier alpha value is -1.26. The van der Waals surface area contributed by atoms with Crippen molar-refractivity contribution in [2.75, 3.05) is 0 Å². The number of carbonyl (C=O) groups excluding carboxylic acids is 1. The molecule has 0 radical (unpaired) electrons. The number of halogens is 3. The molecule has 1 heterocycles. The maximum Gasteiger partial charge on any atom is 0.450 e. The van der Waals surface area contributed by atoms with Gasteiger partial charge in [0, 0.05) is 0 Å². The molecule has 0 aromatic carbocycles. The monoisotopic (exact) mass is 192 g/mol. The number of hydrogen-bond donors (Lipinski definition) is 0. The molecule has 0 fully saturated rings. The zero-order valence-corrected chi connectivity index (χ0v) is 7.03. The molecule has 0 saturated carbocycles. The lowest BCUT2D eigenvalue weighted by Gasteiger charge is -2.03. The Balaban J connectivity index is 3.28. The van der Waals surface area contributed by atoms with E-state index in [1.165, 1.54) is 6.92 Å². The molecule has 0 aliphatic rings. The van der Waals surface area contributed by atoms with Gasteiger partial charge in [0.2, 0.25) is 5.76 Å². The van der Waals surface area contributed by atoms with Gasteiger partial charge in [-0.25, -0.2) is 0 Å². The zero-order chi connectivity index (χ0) is 10.2. The summed E-state index contributed by atoms with van der Waals surface area (Å²) in [4.78, 5) is 10.8. The summed E-state index contributed by atoms with van der Waals surface area (Å²) >= 11 is 0. The number of hydrogen-bond acceptors (Lipinski definition) is 2. The topological polar surface area (TPSA) is 30.2 Å². The van der Waals surface area contributed by atoms with Crippen LogP contribution in [0.5, 0.6) is 0 Å². The van der Waals surface area contributed by atoms with Crippen LogP contribution in [0.2, 0.25) is 0 Å². The smallest absolute Gasteiger partial charge is 0.450 e. The van der Waals surface area contributed by atoms with Gasteiger partial charge in [-0.05, 0) is 19.9 Å². The predicted octanol–water partition coefficient (Wildman–Crippen LogP) is 2.81. The Morgan fingerprint density at radius 1 is 1.46 bits per heavy atom. The van der Waals surface area contributed by atoms with E-state index in [2.05, 4.69) is 4.42 Å². The Morgan fingerprint density at radius 3 is 2.31 bits per heavy atom. The summed E-state index contributed by atoms with van der Waals surface area (Å²) in [6.07, 6.45) is -4.60. The second-order valence-corrected chi connectivity index (χ2v) is 2.65. The molecule has 0 aliphatic carbocycles. The zero-order valence-electron chi connectivity index (χ0n) is 7.03. The van der Waals surface area contributed by atoms with Crippen molar-refractivity contribution >= 4 is 5.78 Å². The minimum Gasteiger partial charge on any atom is -0.456 e. The van der Waals surface area contributed by atoms with Crippen molar-refractivity contribution in [2.24, 2.45) is 0 Å². The molecule has 0 bridgehead atoms. The van der Waals surface area contributed by atoms with Crippen molar-refractivity contribution in [1.82, 2.24) is 0 Å². The molecule has 72 valence electrons. The molecule has 2 nitrogen and oxygen atoms in total. The molecule has 0 spiro atoms. The SMILES string of the molecule is CC(=O)c1cc(C)oc1C(F)(F)F. The minimum absolute atomic E-state index is 0.0810. The van der Waals surface area contributed by atoms with Crippen LogP contribution in [0.1, 0.15) is 28.8 Å². The molecule has 13 heavy (non-hydrogen) atoms. The van der Waals surface area contributed by atoms with Gasteiger partial charge in [-0.1, -0.05) is 0 Å². The summed E-state index contributed by atoms with van der Waals surface area (Å²) in [7, 11) is 0. The fraction of sp³-hybridized carbons (Fsp3) is 0.375. The van der Waals surface area contributed by atoms with E-state index in [0.29, 0.717) is 0 Å². The van der Waals surface area contributed by atoms with Crippen LogP contribution in [0.4, 0.5) is 13.2 Å². The molecular formula is C8H7F3O2. The Labute approximate surface area is 72.3 Å². The van der Waals surface area contributed by atoms with E-state index in [0.717, 1.165) is 13.0 Å². The van der Waals surface area contributed by atoms with E-state index in [9.17, 15) is 18.0 Å². The number of Topliss-reactive ketones (excluding diaryl/α,β-unsaturated/α-hetero) is 1. The van der Waals surface area contributed by atoms with Gasteiger partial charge in [0.05, 0.1) is 5.56 Å². The third-order valence-electron chi connectivity index (χ3n) is 1.49. The van der Waals surface area contributed by atoms with E-state index in [4.69, 9.17) is 0 Å². The van der Waals surface area contributed by atoms with Crippen molar-refractivity contribution in [2.45, 2.75) is 20.0 Å². The van der Waals surface area contributed by atoms with Crippen LogP contribution in [0.3, 0.4) is 0 Å². The number of ketones is 1. The summed E-state index contributed by atoms with van der Waals surface area (Å²) in [6, 6.07) is 1.09. The molecule has 0 saturated heterocycles. The van der Waals surface area contributed by atoms with Gasteiger partial charge in [-0.2, -0.15) is 13.2 Å². The first-order chi connectivity index (χ1) is 5.82. The summed E-state index contributed by atoms with van der Waals surface area (Å²) < 4.78 is 40.9. The third-order valence-corrected chi connectivity index (χ3v) is 1.49. The Kier molecular flexibility index (Phi) is 2.19. The highest BCUT2D eigenvalue weighted by Gasteiger charge is 2.39. The van der Waals surface area contributed by atoms with Crippen molar-refractivity contribution in [3.05, 3.63) is 23.2 Å². The van der Waals surface area contributed by atoms with Crippen molar-refractivity contribution in [1.29, 1.82) is 0 Å². The predicted molar refractivity (Wildman–Crippen MR) is 38.5 cm³/mol. The van der Waals surface area contributed by atoms with Crippen LogP contribution in [0.25, 0.3) is 0 Å². The maximum atomic E-state index is 12.2. The van der Waals surface area contributed by atoms with Crippen LogP contribution in [0, 0.1) is 6.92 Å². The van der Waals surface area contributed by atoms with E-state index in [1.54, 1.807) is 0 Å². The number of furan rings is 1. The second kappa shape index (κ2) is 2.90. The molecule has 0 amide bonds. The summed E-state index contributed by atoms with van der Waals surface area (Å²) in [6.45, 7) is 2.43. The van der Waals surface area contributed by atoms with Crippen molar-refractivity contribution in [3.8, 4) is 0 Å². The lowest BCUT2D eigenvalue weighted by Crippen LogP contribution is -2.08. The fourth-order valence-electron chi connectivity index (χ4n) is 0.986. The molecule has 0 N–H and O–H groups in total. The van der Waals surface area contributed by atoms with Crippen molar-refractivity contribution in [3.63, 3.8) is 0 Å². The first kappa shape index (κ1) is 9.83. The molecule has 1 aromatic heterocycles. The molecule has 5 heteroatoms. The molecule has 0 unspecified atom stereocenters. The van der Waals surface area contributed by atoms with Crippen molar-refractivity contribution < 1.29 is 22.4 Å². The number of alkyl halides is 3. The lowest BCUT2D eigenvalue weighted by atomic mass is 10.1. The van der Waals surface area contributed by atoms with Gasteiger partial charge < -0.3 is 4.42 Å². The van der Waals surface area contributed by atoms with Crippen LogP contribution in [-0.4, -0.2) is 5.78 Å².